The first-order chi connectivity index (χ1) is 25.2. The van der Waals surface area contributed by atoms with Gasteiger partial charge in [-0.1, -0.05) is 159 Å². The Bertz CT molecular complexity index is 972. The highest BCUT2D eigenvalue weighted by Crippen LogP contribution is 2.43. The van der Waals surface area contributed by atoms with E-state index < -0.39 is 45.1 Å². The number of aliphatic carboxylic acids is 1. The first kappa shape index (κ1) is 50.2. The van der Waals surface area contributed by atoms with E-state index >= 15 is 0 Å². The zero-order chi connectivity index (χ0) is 38.4. The molecule has 0 saturated carbocycles. The molecule has 0 fully saturated rings. The van der Waals surface area contributed by atoms with E-state index in [1.807, 2.05) is 0 Å². The quantitative estimate of drug-likeness (QED) is 0.0239. The fourth-order valence-corrected chi connectivity index (χ4v) is 6.28. The maximum absolute atomic E-state index is 12.6. The summed E-state index contributed by atoms with van der Waals surface area (Å²) in [5.41, 5.74) is 5.34. The van der Waals surface area contributed by atoms with Crippen LogP contribution in [0.25, 0.3) is 0 Å². The summed E-state index contributed by atoms with van der Waals surface area (Å²) >= 11 is 0. The lowest BCUT2D eigenvalue weighted by Gasteiger charge is -2.20. The van der Waals surface area contributed by atoms with Crippen molar-refractivity contribution in [3.8, 4) is 0 Å². The first-order valence-corrected chi connectivity index (χ1v) is 22.0. The predicted octanol–water partition coefficient (Wildman–Crippen LogP) is 10.9. The molecule has 3 unspecified atom stereocenters. The van der Waals surface area contributed by atoms with Crippen LogP contribution in [-0.4, -0.2) is 60.5 Å². The fourth-order valence-electron chi connectivity index (χ4n) is 5.50. The van der Waals surface area contributed by atoms with Crippen molar-refractivity contribution in [3.05, 3.63) is 36.5 Å². The van der Waals surface area contributed by atoms with Gasteiger partial charge in [-0.15, -0.1) is 0 Å². The second-order valence-electron chi connectivity index (χ2n) is 13.7. The third-order valence-corrected chi connectivity index (χ3v) is 9.63. The minimum absolute atomic E-state index is 0.0138. The lowest BCUT2D eigenvalue weighted by molar-refractivity contribution is -0.154. The highest BCUT2D eigenvalue weighted by molar-refractivity contribution is 7.47. The number of ether oxygens (including phenoxy) is 2. The standard InChI is InChI=1S/C41H76NO9P/c1-3-5-7-9-11-13-15-17-18-19-20-21-22-24-26-28-30-32-34-48-35-38(36-49-52(46,47)50-37-39(42)41(44)45)51-40(43)33-31-29-27-25-23-16-14-12-10-8-6-4-2/h5,7,11,13,17-18,38-39H,3-4,6,8-10,12,14-16,19-37,42H2,1-2H3,(H,44,45)(H,46,47)/b7-5-,13-11-,18-17-. The average Bonchev–Trinajstić information content (AvgIpc) is 3.12. The van der Waals surface area contributed by atoms with Crippen molar-refractivity contribution < 1.29 is 42.7 Å². The van der Waals surface area contributed by atoms with Crippen molar-refractivity contribution in [2.45, 2.75) is 187 Å². The molecule has 0 amide bonds. The van der Waals surface area contributed by atoms with Gasteiger partial charge in [0.25, 0.3) is 0 Å². The normalized spacial score (nSPS) is 14.4. The Hall–Kier alpha value is -1.81. The largest absolute Gasteiger partial charge is 0.480 e. The highest BCUT2D eigenvalue weighted by atomic mass is 31.2. The van der Waals surface area contributed by atoms with Crippen LogP contribution < -0.4 is 5.73 Å². The van der Waals surface area contributed by atoms with Crippen molar-refractivity contribution >= 4 is 19.8 Å². The van der Waals surface area contributed by atoms with Crippen LogP contribution in [0.5, 0.6) is 0 Å². The second kappa shape index (κ2) is 37.5. The Morgan fingerprint density at radius 3 is 1.67 bits per heavy atom. The molecule has 0 aliphatic carbocycles. The summed E-state index contributed by atoms with van der Waals surface area (Å²) in [6.45, 7) is 3.75. The number of rotatable bonds is 39. The van der Waals surface area contributed by atoms with Gasteiger partial charge < -0.3 is 25.2 Å². The molecule has 0 heterocycles. The number of hydrogen-bond donors (Lipinski definition) is 3. The Balaban J connectivity index is 4.24. The number of unbranched alkanes of at least 4 members (excludes halogenated alkanes) is 19. The van der Waals surface area contributed by atoms with Crippen LogP contribution in [0, 0.1) is 0 Å². The molecule has 52 heavy (non-hydrogen) atoms. The summed E-state index contributed by atoms with van der Waals surface area (Å²) in [7, 11) is -4.61. The second-order valence-corrected chi connectivity index (χ2v) is 15.2. The highest BCUT2D eigenvalue weighted by Gasteiger charge is 2.27. The maximum atomic E-state index is 12.6. The number of esters is 1. The summed E-state index contributed by atoms with van der Waals surface area (Å²) in [4.78, 5) is 33.4. The smallest absolute Gasteiger partial charge is 0.472 e. The van der Waals surface area contributed by atoms with Gasteiger partial charge in [0.1, 0.15) is 12.1 Å². The molecule has 4 N–H and O–H groups in total. The number of carboxylic acid groups (broad SMARTS) is 1. The number of phosphoric ester groups is 1. The molecule has 0 aromatic carbocycles. The van der Waals surface area contributed by atoms with Gasteiger partial charge in [-0.2, -0.15) is 0 Å². The van der Waals surface area contributed by atoms with Crippen LogP contribution in [0.1, 0.15) is 174 Å². The molecular formula is C41H76NO9P. The van der Waals surface area contributed by atoms with Gasteiger partial charge in [0, 0.05) is 13.0 Å². The van der Waals surface area contributed by atoms with Crippen LogP contribution in [0.4, 0.5) is 0 Å². The first-order valence-electron chi connectivity index (χ1n) is 20.5. The lowest BCUT2D eigenvalue weighted by atomic mass is 10.0. The molecule has 0 aromatic heterocycles. The Labute approximate surface area is 317 Å². The van der Waals surface area contributed by atoms with E-state index in [-0.39, 0.29) is 13.0 Å². The SMILES string of the molecule is CC/C=C\C/C=C\C/C=C\CCCCCCCCCCOCC(COP(=O)(O)OCC(N)C(=O)O)OC(=O)CCCCCCCCCCCCCC. The third kappa shape index (κ3) is 36.5. The molecule has 10 nitrogen and oxygen atoms in total. The molecule has 0 aromatic rings. The number of nitrogens with two attached hydrogens (primary N) is 1. The predicted molar refractivity (Wildman–Crippen MR) is 212 cm³/mol. The summed E-state index contributed by atoms with van der Waals surface area (Å²) in [5, 5.41) is 8.88. The van der Waals surface area contributed by atoms with Crippen molar-refractivity contribution in [2.24, 2.45) is 5.73 Å². The fraction of sp³-hybridized carbons (Fsp3) is 0.805. The van der Waals surface area contributed by atoms with Gasteiger partial charge in [0.15, 0.2) is 0 Å². The van der Waals surface area contributed by atoms with E-state index in [2.05, 4.69) is 50.3 Å². The molecule has 0 radical (unpaired) electrons. The number of carbonyl (C=O) groups excluding carboxylic acids is 1. The van der Waals surface area contributed by atoms with Crippen LogP contribution in [0.3, 0.4) is 0 Å². The van der Waals surface area contributed by atoms with Crippen LogP contribution in [0.2, 0.25) is 0 Å². The van der Waals surface area contributed by atoms with Gasteiger partial charge >= 0.3 is 19.8 Å². The van der Waals surface area contributed by atoms with E-state index in [1.165, 1.54) is 89.9 Å². The summed E-state index contributed by atoms with van der Waals surface area (Å²) < 4.78 is 33.3. The zero-order valence-corrected chi connectivity index (χ0v) is 33.8. The Morgan fingerprint density at radius 2 is 1.12 bits per heavy atom. The molecule has 3 atom stereocenters. The molecule has 0 aliphatic rings. The monoisotopic (exact) mass is 758 g/mol. The molecule has 0 bridgehead atoms. The van der Waals surface area contributed by atoms with E-state index in [1.54, 1.807) is 0 Å². The molecule has 0 rings (SSSR count). The van der Waals surface area contributed by atoms with Gasteiger partial charge in [-0.25, -0.2) is 4.57 Å². The topological polar surface area (TPSA) is 155 Å². The minimum atomic E-state index is -4.61. The lowest BCUT2D eigenvalue weighted by Crippen LogP contribution is -2.34. The van der Waals surface area contributed by atoms with Crippen molar-refractivity contribution in [2.75, 3.05) is 26.4 Å². The molecule has 0 aliphatic heterocycles. The maximum Gasteiger partial charge on any atom is 0.472 e. The number of carboxylic acids is 1. The minimum Gasteiger partial charge on any atom is -0.480 e. The number of hydrogen-bond acceptors (Lipinski definition) is 8. The molecule has 304 valence electrons. The van der Waals surface area contributed by atoms with Gasteiger partial charge in [0.2, 0.25) is 0 Å². The molecule has 0 spiro atoms. The zero-order valence-electron chi connectivity index (χ0n) is 32.9. The van der Waals surface area contributed by atoms with Gasteiger partial charge in [-0.05, 0) is 44.9 Å². The van der Waals surface area contributed by atoms with Gasteiger partial charge in [0.05, 0.1) is 19.8 Å². The summed E-state index contributed by atoms with van der Waals surface area (Å²) in [6.07, 6.45) is 40.5. The van der Waals surface area contributed by atoms with E-state index in [0.717, 1.165) is 57.8 Å². The van der Waals surface area contributed by atoms with Crippen molar-refractivity contribution in [1.29, 1.82) is 0 Å². The third-order valence-electron chi connectivity index (χ3n) is 8.68. The van der Waals surface area contributed by atoms with Crippen molar-refractivity contribution in [1.82, 2.24) is 0 Å². The van der Waals surface area contributed by atoms with Crippen molar-refractivity contribution in [3.63, 3.8) is 0 Å². The van der Waals surface area contributed by atoms with Crippen LogP contribution in [0.15, 0.2) is 36.5 Å². The number of allylic oxidation sites excluding steroid dienone is 6. The average molecular weight is 758 g/mol. The summed E-state index contributed by atoms with van der Waals surface area (Å²) in [5.74, 6) is -1.78. The Morgan fingerprint density at radius 1 is 0.635 bits per heavy atom. The van der Waals surface area contributed by atoms with E-state index in [9.17, 15) is 19.0 Å². The van der Waals surface area contributed by atoms with Gasteiger partial charge in [-0.3, -0.25) is 18.6 Å². The van der Waals surface area contributed by atoms with E-state index in [4.69, 9.17) is 29.4 Å². The molecule has 11 heteroatoms. The molecule has 0 saturated heterocycles. The number of phosphoric acid groups is 1. The summed E-state index contributed by atoms with van der Waals surface area (Å²) in [6, 6.07) is -1.47. The van der Waals surface area contributed by atoms with Crippen LogP contribution >= 0.6 is 7.82 Å². The number of carbonyl (C=O) groups is 2. The van der Waals surface area contributed by atoms with Crippen LogP contribution in [-0.2, 0) is 32.7 Å². The Kier molecular flexibility index (Phi) is 36.2. The van der Waals surface area contributed by atoms with E-state index in [0.29, 0.717) is 13.0 Å². The molecular weight excluding hydrogens is 681 g/mol.